The molecule has 1 aromatic heterocycles. The Kier molecular flexibility index (Phi) is 7.59. The van der Waals surface area contributed by atoms with Crippen molar-refractivity contribution >= 4 is 29.1 Å². The Labute approximate surface area is 134 Å². The van der Waals surface area contributed by atoms with Crippen LogP contribution in [0.4, 0.5) is 0 Å². The fourth-order valence-corrected chi connectivity index (χ4v) is 2.44. The Morgan fingerprint density at radius 2 is 2.05 bits per heavy atom. The Morgan fingerprint density at radius 1 is 1.32 bits per heavy atom. The quantitative estimate of drug-likeness (QED) is 0.561. The highest BCUT2D eigenvalue weighted by Gasteiger charge is 2.24. The number of ether oxygens (including phenoxy) is 1. The largest absolute Gasteiger partial charge is 0.469 e. The normalized spacial score (nSPS) is 11.8. The van der Waals surface area contributed by atoms with Gasteiger partial charge in [-0.15, -0.1) is 11.3 Å². The van der Waals surface area contributed by atoms with E-state index in [1.807, 2.05) is 19.2 Å². The maximum absolute atomic E-state index is 12.2. The fraction of sp³-hybridized carbons (Fsp3) is 0.533. The molecule has 0 bridgehead atoms. The van der Waals surface area contributed by atoms with Gasteiger partial charge in [-0.25, -0.2) is 0 Å². The van der Waals surface area contributed by atoms with Crippen molar-refractivity contribution in [2.75, 3.05) is 13.7 Å². The van der Waals surface area contributed by atoms with Gasteiger partial charge in [0.2, 0.25) is 5.91 Å². The lowest BCUT2D eigenvalue weighted by atomic mass is 10.0. The number of amides is 2. The van der Waals surface area contributed by atoms with E-state index in [-0.39, 0.29) is 30.1 Å². The molecule has 0 radical (unpaired) electrons. The number of thiophene rings is 1. The topological polar surface area (TPSA) is 84.5 Å². The number of nitrogens with one attached hydrogen (secondary N) is 2. The van der Waals surface area contributed by atoms with Gasteiger partial charge in [-0.05, 0) is 23.8 Å². The van der Waals surface area contributed by atoms with Crippen LogP contribution >= 0.6 is 11.3 Å². The maximum Gasteiger partial charge on any atom is 0.305 e. The van der Waals surface area contributed by atoms with Crippen LogP contribution in [0.2, 0.25) is 0 Å². The minimum Gasteiger partial charge on any atom is -0.469 e. The second-order valence-electron chi connectivity index (χ2n) is 5.14. The van der Waals surface area contributed by atoms with Gasteiger partial charge in [0, 0.05) is 13.0 Å². The third-order valence-corrected chi connectivity index (χ3v) is 3.93. The molecule has 0 spiro atoms. The molecule has 1 atom stereocenters. The molecule has 0 aliphatic carbocycles. The third-order valence-electron chi connectivity index (χ3n) is 3.07. The highest BCUT2D eigenvalue weighted by molar-refractivity contribution is 7.12. The summed E-state index contributed by atoms with van der Waals surface area (Å²) in [4.78, 5) is 35.8. The Bertz CT molecular complexity index is 500. The van der Waals surface area contributed by atoms with Crippen LogP contribution in [0, 0.1) is 5.92 Å². The van der Waals surface area contributed by atoms with Crippen molar-refractivity contribution in [2.24, 2.45) is 5.92 Å². The smallest absolute Gasteiger partial charge is 0.305 e. The molecule has 122 valence electrons. The van der Waals surface area contributed by atoms with E-state index < -0.39 is 6.04 Å². The van der Waals surface area contributed by atoms with Gasteiger partial charge < -0.3 is 15.4 Å². The summed E-state index contributed by atoms with van der Waals surface area (Å²) in [5.41, 5.74) is 0. The van der Waals surface area contributed by atoms with E-state index in [9.17, 15) is 14.4 Å². The van der Waals surface area contributed by atoms with Gasteiger partial charge in [0.1, 0.15) is 6.04 Å². The van der Waals surface area contributed by atoms with Crippen molar-refractivity contribution in [1.82, 2.24) is 10.6 Å². The monoisotopic (exact) mass is 326 g/mol. The zero-order valence-corrected chi connectivity index (χ0v) is 13.9. The lowest BCUT2D eigenvalue weighted by Gasteiger charge is -2.21. The molecular formula is C15H22N2O4S. The van der Waals surface area contributed by atoms with Gasteiger partial charge in [0.15, 0.2) is 0 Å². The van der Waals surface area contributed by atoms with Crippen LogP contribution in [-0.2, 0) is 14.3 Å². The van der Waals surface area contributed by atoms with Crippen molar-refractivity contribution in [1.29, 1.82) is 0 Å². The van der Waals surface area contributed by atoms with E-state index in [1.54, 1.807) is 12.1 Å². The molecule has 1 heterocycles. The van der Waals surface area contributed by atoms with Crippen LogP contribution in [-0.4, -0.2) is 37.5 Å². The van der Waals surface area contributed by atoms with Gasteiger partial charge in [-0.3, -0.25) is 14.4 Å². The summed E-state index contributed by atoms with van der Waals surface area (Å²) in [7, 11) is 1.33. The molecule has 0 fully saturated rings. The SMILES string of the molecule is COC(=O)CCCNC(=O)C(NC(=O)c1cccs1)C(C)C. The molecule has 0 aliphatic heterocycles. The molecular weight excluding hydrogens is 304 g/mol. The standard InChI is InChI=1S/C15H22N2O4S/c1-10(2)13(17-14(19)11-6-5-9-22-11)15(20)16-8-4-7-12(18)21-3/h5-6,9-10,13H,4,7-8H2,1-3H3,(H,16,20)(H,17,19). The first-order valence-electron chi connectivity index (χ1n) is 7.14. The van der Waals surface area contributed by atoms with E-state index in [0.717, 1.165) is 0 Å². The summed E-state index contributed by atoms with van der Waals surface area (Å²) in [6.45, 7) is 4.10. The van der Waals surface area contributed by atoms with Crippen molar-refractivity contribution in [3.63, 3.8) is 0 Å². The first-order chi connectivity index (χ1) is 10.5. The molecule has 6 nitrogen and oxygen atoms in total. The summed E-state index contributed by atoms with van der Waals surface area (Å²) in [6.07, 6.45) is 0.757. The second kappa shape index (κ2) is 9.19. The third kappa shape index (κ3) is 5.85. The number of esters is 1. The lowest BCUT2D eigenvalue weighted by molar-refractivity contribution is -0.140. The Morgan fingerprint density at radius 3 is 2.59 bits per heavy atom. The van der Waals surface area contributed by atoms with Crippen LogP contribution in [0.3, 0.4) is 0 Å². The van der Waals surface area contributed by atoms with Gasteiger partial charge in [0.05, 0.1) is 12.0 Å². The lowest BCUT2D eigenvalue weighted by Crippen LogP contribution is -2.49. The van der Waals surface area contributed by atoms with Crippen LogP contribution in [0.1, 0.15) is 36.4 Å². The van der Waals surface area contributed by atoms with Crippen molar-refractivity contribution in [2.45, 2.75) is 32.7 Å². The number of hydrogen-bond acceptors (Lipinski definition) is 5. The van der Waals surface area contributed by atoms with E-state index >= 15 is 0 Å². The summed E-state index contributed by atoms with van der Waals surface area (Å²) < 4.78 is 4.53. The van der Waals surface area contributed by atoms with Gasteiger partial charge >= 0.3 is 5.97 Å². The minimum atomic E-state index is -0.604. The summed E-state index contributed by atoms with van der Waals surface area (Å²) in [5.74, 6) is -0.839. The number of rotatable bonds is 8. The highest BCUT2D eigenvalue weighted by Crippen LogP contribution is 2.10. The van der Waals surface area contributed by atoms with Crippen LogP contribution in [0.15, 0.2) is 17.5 Å². The molecule has 1 unspecified atom stereocenters. The molecule has 2 amide bonds. The fourth-order valence-electron chi connectivity index (χ4n) is 1.81. The highest BCUT2D eigenvalue weighted by atomic mass is 32.1. The predicted molar refractivity (Wildman–Crippen MR) is 84.7 cm³/mol. The first kappa shape index (κ1) is 18.2. The summed E-state index contributed by atoms with van der Waals surface area (Å²) in [5, 5.41) is 7.30. The van der Waals surface area contributed by atoms with Crippen molar-refractivity contribution in [3.05, 3.63) is 22.4 Å². The molecule has 0 aliphatic rings. The average molecular weight is 326 g/mol. The van der Waals surface area contributed by atoms with Crippen molar-refractivity contribution in [3.8, 4) is 0 Å². The van der Waals surface area contributed by atoms with Crippen LogP contribution < -0.4 is 10.6 Å². The Hall–Kier alpha value is -1.89. The molecule has 2 N–H and O–H groups in total. The zero-order valence-electron chi connectivity index (χ0n) is 13.0. The number of methoxy groups -OCH3 is 1. The molecule has 0 saturated carbocycles. The molecule has 22 heavy (non-hydrogen) atoms. The summed E-state index contributed by atoms with van der Waals surface area (Å²) >= 11 is 1.33. The van der Waals surface area contributed by atoms with Crippen LogP contribution in [0.5, 0.6) is 0 Å². The van der Waals surface area contributed by atoms with Gasteiger partial charge in [0.25, 0.3) is 5.91 Å². The number of hydrogen-bond donors (Lipinski definition) is 2. The number of carbonyl (C=O) groups is 3. The van der Waals surface area contributed by atoms with E-state index in [2.05, 4.69) is 15.4 Å². The van der Waals surface area contributed by atoms with E-state index in [0.29, 0.717) is 17.8 Å². The first-order valence-corrected chi connectivity index (χ1v) is 8.02. The van der Waals surface area contributed by atoms with Gasteiger partial charge in [-0.1, -0.05) is 19.9 Å². The zero-order chi connectivity index (χ0) is 16.5. The molecule has 0 saturated heterocycles. The molecule has 7 heteroatoms. The Balaban J connectivity index is 2.46. The molecule has 0 aromatic carbocycles. The molecule has 1 rings (SSSR count). The van der Waals surface area contributed by atoms with E-state index in [1.165, 1.54) is 18.4 Å². The average Bonchev–Trinajstić information content (AvgIpc) is 3.02. The van der Waals surface area contributed by atoms with Crippen molar-refractivity contribution < 1.29 is 19.1 Å². The molecule has 1 aromatic rings. The number of carbonyl (C=O) groups excluding carboxylic acids is 3. The predicted octanol–water partition coefficient (Wildman–Crippen LogP) is 1.57. The minimum absolute atomic E-state index is 0.0375. The second-order valence-corrected chi connectivity index (χ2v) is 6.09. The maximum atomic E-state index is 12.2. The van der Waals surface area contributed by atoms with Gasteiger partial charge in [-0.2, -0.15) is 0 Å². The summed E-state index contributed by atoms with van der Waals surface area (Å²) in [6, 6.07) is 2.90. The van der Waals surface area contributed by atoms with Crippen LogP contribution in [0.25, 0.3) is 0 Å². The van der Waals surface area contributed by atoms with E-state index in [4.69, 9.17) is 0 Å².